The number of rotatable bonds is 23. The summed E-state index contributed by atoms with van der Waals surface area (Å²) in [6.45, 7) is 9.31. The third-order valence-electron chi connectivity index (χ3n) is 10.7. The topological polar surface area (TPSA) is 154 Å². The van der Waals surface area contributed by atoms with Gasteiger partial charge in [-0.05, 0) is 134 Å². The molecule has 16 nitrogen and oxygen atoms in total. The largest absolute Gasteiger partial charge is 0.497 e. The van der Waals surface area contributed by atoms with E-state index in [1.165, 1.54) is 8.61 Å². The Hall–Kier alpha value is -5.29. The number of methoxy groups -OCH3 is 4. The maximum absolute atomic E-state index is 13.9. The summed E-state index contributed by atoms with van der Waals surface area (Å²) < 4.78 is 83.1. The van der Waals surface area contributed by atoms with Crippen molar-refractivity contribution >= 4 is 48.2 Å². The molecule has 0 aliphatic carbocycles. The van der Waals surface area contributed by atoms with E-state index in [1.54, 1.807) is 49.9 Å². The smallest absolute Gasteiger partial charge is 0.263 e. The maximum Gasteiger partial charge on any atom is 0.263 e. The monoisotopic (exact) mass is 1080 g/mol. The molecule has 0 saturated heterocycles. The molecule has 0 bridgehead atoms. The van der Waals surface area contributed by atoms with Crippen LogP contribution in [0, 0.1) is 3.70 Å². The summed E-state index contributed by atoms with van der Waals surface area (Å²) in [5.41, 5.74) is 4.86. The highest BCUT2D eigenvalue weighted by Gasteiger charge is 2.30. The molecule has 6 rings (SSSR count). The second kappa shape index (κ2) is 24.8. The SMILES string of the molecule is C=C(C)c1cc(S(=O)(=O)N(Cc2ccc(OC)cc2)Cc2ccc(OC)cc2)nn1CCN(C)C.COc1ccc(CN(Cc2ccc(OC)cc2)S(=O)(=O)c2cc(I)n(CCN(C)C)n2)cc1. The van der Waals surface area contributed by atoms with Gasteiger partial charge >= 0.3 is 0 Å². The summed E-state index contributed by atoms with van der Waals surface area (Å²) in [5.74, 6) is 2.86. The number of likely N-dealkylation sites (N-methyl/N-ethyl adjacent to an activating group) is 2. The van der Waals surface area contributed by atoms with E-state index < -0.39 is 20.0 Å². The van der Waals surface area contributed by atoms with Crippen molar-refractivity contribution in [1.82, 2.24) is 38.0 Å². The number of halogens is 1. The average Bonchev–Trinajstić information content (AvgIpc) is 3.95. The highest BCUT2D eigenvalue weighted by Crippen LogP contribution is 2.27. The number of benzene rings is 4. The van der Waals surface area contributed by atoms with Crippen molar-refractivity contribution < 1.29 is 35.8 Å². The molecular formula is C49H63IN8O8S2. The van der Waals surface area contributed by atoms with Crippen LogP contribution in [0.5, 0.6) is 23.0 Å². The van der Waals surface area contributed by atoms with Crippen LogP contribution in [0.15, 0.2) is 126 Å². The zero-order valence-corrected chi connectivity index (χ0v) is 44.1. The molecule has 68 heavy (non-hydrogen) atoms. The van der Waals surface area contributed by atoms with Gasteiger partial charge in [0.1, 0.15) is 26.7 Å². The summed E-state index contributed by atoms with van der Waals surface area (Å²) in [6, 6.07) is 32.8. The normalized spacial score (nSPS) is 11.8. The molecule has 366 valence electrons. The molecule has 0 N–H and O–H groups in total. The highest BCUT2D eigenvalue weighted by molar-refractivity contribution is 14.1. The number of hydrogen-bond donors (Lipinski definition) is 0. The summed E-state index contributed by atoms with van der Waals surface area (Å²) in [7, 11) is 6.51. The maximum atomic E-state index is 13.9. The van der Waals surface area contributed by atoms with Gasteiger partial charge in [0, 0.05) is 51.4 Å². The van der Waals surface area contributed by atoms with E-state index in [2.05, 4.69) is 39.4 Å². The number of hydrogen-bond acceptors (Lipinski definition) is 12. The summed E-state index contributed by atoms with van der Waals surface area (Å²) >= 11 is 2.13. The standard InChI is InChI=1S/C26H34N4O4S.C23H29IN4O4S/c1-20(2)25-17-26(27-30(25)16-15-28(3)4)35(31,32)29(18-21-7-11-23(33-5)12-8-21)19-22-9-13-24(34-6)14-10-22;1-26(2)13-14-28-22(24)15-23(25-28)33(29,30)27(16-18-5-9-20(31-3)10-6-18)17-19-7-11-21(32-4)12-8-19/h7-14,17H,1,15-16,18-19H2,2-6H3;5-12,15H,13-14,16-17H2,1-4H3. The van der Waals surface area contributed by atoms with Crippen molar-refractivity contribution in [2.75, 3.05) is 69.7 Å². The van der Waals surface area contributed by atoms with Gasteiger partial charge in [0.15, 0.2) is 10.1 Å². The molecule has 19 heteroatoms. The second-order valence-corrected chi connectivity index (χ2v) is 21.3. The van der Waals surface area contributed by atoms with Gasteiger partial charge in [-0.2, -0.15) is 18.8 Å². The summed E-state index contributed by atoms with van der Waals surface area (Å²) in [4.78, 5) is 4.06. The molecular weight excluding hydrogens is 1020 g/mol. The number of aromatic nitrogens is 4. The van der Waals surface area contributed by atoms with Crippen LogP contribution in [0.4, 0.5) is 0 Å². The average molecular weight is 1080 g/mol. The Morgan fingerprint density at radius 2 is 0.824 bits per heavy atom. The van der Waals surface area contributed by atoms with Crippen LogP contribution in [-0.2, 0) is 59.3 Å². The molecule has 0 atom stereocenters. The van der Waals surface area contributed by atoms with E-state index >= 15 is 0 Å². The van der Waals surface area contributed by atoms with E-state index in [9.17, 15) is 16.8 Å². The minimum atomic E-state index is -3.92. The number of sulfonamides is 2. The van der Waals surface area contributed by atoms with Crippen LogP contribution in [0.1, 0.15) is 34.9 Å². The van der Waals surface area contributed by atoms with Gasteiger partial charge in [-0.1, -0.05) is 55.1 Å². The fourth-order valence-corrected chi connectivity index (χ4v) is 10.3. The van der Waals surface area contributed by atoms with Crippen LogP contribution in [0.25, 0.3) is 5.57 Å². The van der Waals surface area contributed by atoms with E-state index in [0.29, 0.717) is 30.3 Å². The first-order valence-electron chi connectivity index (χ1n) is 21.6. The van der Waals surface area contributed by atoms with Crippen molar-refractivity contribution in [3.63, 3.8) is 0 Å². The first-order valence-corrected chi connectivity index (χ1v) is 25.6. The van der Waals surface area contributed by atoms with Gasteiger partial charge in [0.05, 0.1) is 47.2 Å². The van der Waals surface area contributed by atoms with Crippen LogP contribution < -0.4 is 18.9 Å². The third-order valence-corrected chi connectivity index (χ3v) is 14.9. The third kappa shape index (κ3) is 14.9. The Labute approximate surface area is 415 Å². The molecule has 4 aromatic carbocycles. The van der Waals surface area contributed by atoms with Crippen molar-refractivity contribution in [2.45, 2.75) is 56.2 Å². The minimum absolute atomic E-state index is 0.0104. The van der Waals surface area contributed by atoms with Gasteiger partial charge < -0.3 is 28.7 Å². The zero-order chi connectivity index (χ0) is 49.6. The lowest BCUT2D eigenvalue weighted by Crippen LogP contribution is -2.31. The Morgan fingerprint density at radius 1 is 0.529 bits per heavy atom. The molecule has 0 spiro atoms. The van der Waals surface area contributed by atoms with Crippen LogP contribution in [-0.4, -0.2) is 125 Å². The molecule has 0 aliphatic rings. The van der Waals surface area contributed by atoms with Crippen molar-refractivity contribution in [2.24, 2.45) is 0 Å². The van der Waals surface area contributed by atoms with Gasteiger partial charge in [-0.3, -0.25) is 9.36 Å². The first kappa shape index (κ1) is 53.7. The molecule has 0 amide bonds. The molecule has 6 aromatic rings. The molecule has 0 aliphatic heterocycles. The van der Waals surface area contributed by atoms with E-state index in [1.807, 2.05) is 142 Å². The predicted molar refractivity (Wildman–Crippen MR) is 274 cm³/mol. The minimum Gasteiger partial charge on any atom is -0.497 e. The number of nitrogens with zero attached hydrogens (tertiary/aromatic N) is 8. The zero-order valence-electron chi connectivity index (χ0n) is 40.3. The van der Waals surface area contributed by atoms with Gasteiger partial charge in [0.25, 0.3) is 20.0 Å². The Balaban J connectivity index is 0.000000255. The lowest BCUT2D eigenvalue weighted by Gasteiger charge is -2.21. The lowest BCUT2D eigenvalue weighted by molar-refractivity contribution is 0.367. The lowest BCUT2D eigenvalue weighted by atomic mass is 10.2. The molecule has 0 unspecified atom stereocenters. The van der Waals surface area contributed by atoms with Gasteiger partial charge in [0.2, 0.25) is 0 Å². The Kier molecular flexibility index (Phi) is 19.6. The quantitative estimate of drug-likeness (QED) is 0.0590. The second-order valence-electron chi connectivity index (χ2n) is 16.4. The van der Waals surface area contributed by atoms with Crippen LogP contribution in [0.2, 0.25) is 0 Å². The van der Waals surface area contributed by atoms with Crippen LogP contribution in [0.3, 0.4) is 0 Å². The Morgan fingerprint density at radius 3 is 1.12 bits per heavy atom. The predicted octanol–water partition coefficient (Wildman–Crippen LogP) is 7.34. The molecule has 0 saturated carbocycles. The van der Waals surface area contributed by atoms with E-state index in [-0.39, 0.29) is 36.2 Å². The fourth-order valence-electron chi connectivity index (χ4n) is 6.73. The molecule has 0 fully saturated rings. The first-order chi connectivity index (χ1) is 32.4. The van der Waals surface area contributed by atoms with Crippen molar-refractivity contribution in [3.05, 3.63) is 147 Å². The highest BCUT2D eigenvalue weighted by atomic mass is 127. The molecule has 2 aromatic heterocycles. The number of ether oxygens (including phenoxy) is 4. The van der Waals surface area contributed by atoms with E-state index in [0.717, 1.165) is 56.1 Å². The van der Waals surface area contributed by atoms with Crippen LogP contribution >= 0.6 is 22.6 Å². The molecule has 0 radical (unpaired) electrons. The van der Waals surface area contributed by atoms with Crippen molar-refractivity contribution in [3.8, 4) is 23.0 Å². The van der Waals surface area contributed by atoms with E-state index in [4.69, 9.17) is 18.9 Å². The van der Waals surface area contributed by atoms with Gasteiger partial charge in [-0.15, -0.1) is 0 Å². The fraction of sp³-hybridized carbons (Fsp3) is 0.347. The molecule has 2 heterocycles. The van der Waals surface area contributed by atoms with Gasteiger partial charge in [-0.25, -0.2) is 16.8 Å². The summed E-state index contributed by atoms with van der Waals surface area (Å²) in [6.07, 6.45) is 0. The Bertz CT molecular complexity index is 2660. The number of allylic oxidation sites excluding steroid dienone is 1. The van der Waals surface area contributed by atoms with Crippen molar-refractivity contribution in [1.29, 1.82) is 0 Å². The summed E-state index contributed by atoms with van der Waals surface area (Å²) in [5, 5.41) is 8.98.